The predicted molar refractivity (Wildman–Crippen MR) is 125 cm³/mol. The Morgan fingerprint density at radius 2 is 2.18 bits per heavy atom. The van der Waals surface area contributed by atoms with E-state index in [0.29, 0.717) is 28.9 Å². The highest BCUT2D eigenvalue weighted by Gasteiger charge is 2.28. The lowest BCUT2D eigenvalue weighted by Crippen LogP contribution is -2.15. The molecule has 9 nitrogen and oxygen atoms in total. The van der Waals surface area contributed by atoms with Crippen LogP contribution in [0, 0.1) is 0 Å². The molecule has 0 spiro atoms. The van der Waals surface area contributed by atoms with Crippen LogP contribution >= 0.6 is 11.6 Å². The van der Waals surface area contributed by atoms with Crippen molar-refractivity contribution in [2.45, 2.75) is 58.5 Å². The Morgan fingerprint density at radius 3 is 3.00 bits per heavy atom. The summed E-state index contributed by atoms with van der Waals surface area (Å²) in [4.78, 5) is 9.19. The number of halogens is 1. The van der Waals surface area contributed by atoms with Crippen molar-refractivity contribution < 1.29 is 14.0 Å². The van der Waals surface area contributed by atoms with Gasteiger partial charge in [0.25, 0.3) is 5.89 Å². The van der Waals surface area contributed by atoms with Crippen molar-refractivity contribution in [3.8, 4) is 28.5 Å². The average molecular weight is 481 g/mol. The molecule has 0 amide bonds. The molecule has 0 saturated carbocycles. The van der Waals surface area contributed by atoms with Gasteiger partial charge in [-0.3, -0.25) is 4.68 Å². The van der Waals surface area contributed by atoms with Crippen LogP contribution in [-0.4, -0.2) is 48.3 Å². The van der Waals surface area contributed by atoms with Gasteiger partial charge >= 0.3 is 0 Å². The summed E-state index contributed by atoms with van der Waals surface area (Å²) in [5.74, 6) is 0.873. The van der Waals surface area contributed by atoms with E-state index >= 15 is 0 Å². The number of fused-ring (bicyclic) bond motifs is 5. The Hall–Kier alpha value is -3.01. The second-order valence-electron chi connectivity index (χ2n) is 8.98. The maximum Gasteiger partial charge on any atom is 0.253 e. The summed E-state index contributed by atoms with van der Waals surface area (Å²) in [6.07, 6.45) is 6.96. The van der Waals surface area contributed by atoms with Crippen LogP contribution in [0.25, 0.3) is 28.5 Å². The van der Waals surface area contributed by atoms with Gasteiger partial charge in [-0.05, 0) is 44.9 Å². The fraction of sp³-hybridized carbons (Fsp3) is 0.417. The molecule has 3 aromatic heterocycles. The van der Waals surface area contributed by atoms with E-state index in [9.17, 15) is 0 Å². The first-order valence-electron chi connectivity index (χ1n) is 11.5. The number of hydrogen-bond acceptors (Lipinski definition) is 7. The van der Waals surface area contributed by atoms with E-state index in [1.54, 1.807) is 6.33 Å². The van der Waals surface area contributed by atoms with Crippen LogP contribution in [0.4, 0.5) is 0 Å². The Kier molecular flexibility index (Phi) is 5.47. The third kappa shape index (κ3) is 3.93. The van der Waals surface area contributed by atoms with Crippen molar-refractivity contribution >= 4 is 11.6 Å². The quantitative estimate of drug-likeness (QED) is 0.354. The van der Waals surface area contributed by atoms with Gasteiger partial charge in [0.05, 0.1) is 35.8 Å². The van der Waals surface area contributed by atoms with Crippen LogP contribution in [0.15, 0.2) is 35.2 Å². The zero-order valence-electron chi connectivity index (χ0n) is 19.1. The SMILES string of the molecule is CC(C)OCc1nc(-c2ncn3c2Cc2cn(CC4CCCO4)nc2-c2cc(Cl)ccc2-3)no1. The molecule has 0 bridgehead atoms. The molecule has 10 heteroatoms. The smallest absolute Gasteiger partial charge is 0.253 e. The largest absolute Gasteiger partial charge is 0.376 e. The van der Waals surface area contributed by atoms with Crippen LogP contribution in [0.1, 0.15) is 43.8 Å². The molecule has 0 N–H and O–H groups in total. The number of benzene rings is 1. The van der Waals surface area contributed by atoms with Gasteiger partial charge < -0.3 is 18.6 Å². The minimum Gasteiger partial charge on any atom is -0.376 e. The topological polar surface area (TPSA) is 93.0 Å². The monoisotopic (exact) mass is 480 g/mol. The molecule has 1 atom stereocenters. The van der Waals surface area contributed by atoms with E-state index in [1.165, 1.54) is 0 Å². The van der Waals surface area contributed by atoms with Gasteiger partial charge in [-0.15, -0.1) is 0 Å². The van der Waals surface area contributed by atoms with Crippen molar-refractivity contribution in [2.75, 3.05) is 6.61 Å². The van der Waals surface area contributed by atoms with Crippen LogP contribution in [0.5, 0.6) is 0 Å². The second kappa shape index (κ2) is 8.65. The van der Waals surface area contributed by atoms with Gasteiger partial charge in [0, 0.05) is 35.4 Å². The van der Waals surface area contributed by atoms with Crippen molar-refractivity contribution in [2.24, 2.45) is 0 Å². The van der Waals surface area contributed by atoms with Crippen molar-refractivity contribution in [1.29, 1.82) is 0 Å². The lowest BCUT2D eigenvalue weighted by molar-refractivity contribution is 0.0485. The highest BCUT2D eigenvalue weighted by molar-refractivity contribution is 6.31. The Balaban J connectivity index is 1.41. The first kappa shape index (κ1) is 21.5. The zero-order chi connectivity index (χ0) is 23.2. The number of rotatable bonds is 6. The second-order valence-corrected chi connectivity index (χ2v) is 9.42. The fourth-order valence-electron chi connectivity index (χ4n) is 4.58. The first-order chi connectivity index (χ1) is 16.5. The molecule has 1 aromatic carbocycles. The summed E-state index contributed by atoms with van der Waals surface area (Å²) in [6, 6.07) is 5.84. The third-order valence-electron chi connectivity index (χ3n) is 6.17. The normalized spacial score (nSPS) is 17.0. The molecule has 1 saturated heterocycles. The molecule has 2 aliphatic rings. The molecule has 34 heavy (non-hydrogen) atoms. The number of nitrogens with zero attached hydrogens (tertiary/aromatic N) is 6. The molecule has 1 unspecified atom stereocenters. The lowest BCUT2D eigenvalue weighted by atomic mass is 10.0. The van der Waals surface area contributed by atoms with Gasteiger partial charge in [0.15, 0.2) is 0 Å². The summed E-state index contributed by atoms with van der Waals surface area (Å²) in [7, 11) is 0. The van der Waals surface area contributed by atoms with Gasteiger partial charge in [-0.1, -0.05) is 16.8 Å². The fourth-order valence-corrected chi connectivity index (χ4v) is 4.75. The molecule has 2 aliphatic heterocycles. The Labute approximate surface area is 201 Å². The number of aromatic nitrogens is 6. The van der Waals surface area contributed by atoms with E-state index in [2.05, 4.69) is 25.9 Å². The van der Waals surface area contributed by atoms with Gasteiger partial charge in [-0.2, -0.15) is 10.1 Å². The highest BCUT2D eigenvalue weighted by Crippen LogP contribution is 2.38. The third-order valence-corrected chi connectivity index (χ3v) is 6.40. The molecule has 4 aromatic rings. The molecule has 0 aliphatic carbocycles. The van der Waals surface area contributed by atoms with Crippen LogP contribution in [-0.2, 0) is 29.0 Å². The van der Waals surface area contributed by atoms with Crippen molar-refractivity contribution in [3.63, 3.8) is 0 Å². The van der Waals surface area contributed by atoms with Crippen molar-refractivity contribution in [1.82, 2.24) is 29.5 Å². The summed E-state index contributed by atoms with van der Waals surface area (Å²) in [5.41, 5.74) is 5.59. The Morgan fingerprint density at radius 1 is 1.26 bits per heavy atom. The van der Waals surface area contributed by atoms with E-state index < -0.39 is 0 Å². The van der Waals surface area contributed by atoms with Gasteiger partial charge in [0.1, 0.15) is 18.6 Å². The number of ether oxygens (including phenoxy) is 2. The Bertz CT molecular complexity index is 1330. The zero-order valence-corrected chi connectivity index (χ0v) is 19.8. The molecule has 5 heterocycles. The lowest BCUT2D eigenvalue weighted by Gasteiger charge is -2.11. The van der Waals surface area contributed by atoms with E-state index in [4.69, 9.17) is 30.7 Å². The number of hydrogen-bond donors (Lipinski definition) is 0. The minimum atomic E-state index is 0.0761. The molecule has 0 radical (unpaired) electrons. The van der Waals surface area contributed by atoms with Crippen molar-refractivity contribution in [3.05, 3.63) is 52.9 Å². The van der Waals surface area contributed by atoms with E-state index in [0.717, 1.165) is 54.2 Å². The highest BCUT2D eigenvalue weighted by atomic mass is 35.5. The first-order valence-corrected chi connectivity index (χ1v) is 11.9. The van der Waals surface area contributed by atoms with Gasteiger partial charge in [-0.25, -0.2) is 4.98 Å². The average Bonchev–Trinajstić information content (AvgIpc) is 3.60. The summed E-state index contributed by atoms with van der Waals surface area (Å²) >= 11 is 6.40. The van der Waals surface area contributed by atoms with Crippen LogP contribution in [0.3, 0.4) is 0 Å². The molecule has 6 rings (SSSR count). The standard InChI is InChI=1S/C24H25ClN6O3/c1-14(2)33-12-21-27-24(29-34-21)23-20-8-15-10-30(11-17-4-3-7-32-17)28-22(15)18-9-16(25)5-6-19(18)31(20)13-26-23/h5-6,9-10,13-14,17H,3-4,7-8,11-12H2,1-2H3. The summed E-state index contributed by atoms with van der Waals surface area (Å²) < 4.78 is 20.9. The maximum atomic E-state index is 6.40. The molecule has 176 valence electrons. The molecule has 1 fully saturated rings. The molecular formula is C24H25ClN6O3. The maximum absolute atomic E-state index is 6.40. The predicted octanol–water partition coefficient (Wildman–Crippen LogP) is 4.45. The number of imidazole rings is 1. The van der Waals surface area contributed by atoms with Gasteiger partial charge in [0.2, 0.25) is 5.82 Å². The minimum absolute atomic E-state index is 0.0761. The van der Waals surface area contributed by atoms with Crippen LogP contribution < -0.4 is 0 Å². The van der Waals surface area contributed by atoms with Crippen LogP contribution in [0.2, 0.25) is 5.02 Å². The molecular weight excluding hydrogens is 456 g/mol. The summed E-state index contributed by atoms with van der Waals surface area (Å²) in [5, 5.41) is 9.78. The van der Waals surface area contributed by atoms with E-state index in [1.807, 2.05) is 36.7 Å². The summed E-state index contributed by atoms with van der Waals surface area (Å²) in [6.45, 7) is 5.75. The van der Waals surface area contributed by atoms with E-state index in [-0.39, 0.29) is 18.8 Å².